The van der Waals surface area contributed by atoms with Gasteiger partial charge in [-0.15, -0.1) is 0 Å². The van der Waals surface area contributed by atoms with E-state index in [9.17, 15) is 13.2 Å². The number of hydrogen-bond acceptors (Lipinski definition) is 8. The first-order valence-electron chi connectivity index (χ1n) is 10.8. The minimum atomic E-state index is -3.43. The molecule has 3 fully saturated rings. The lowest BCUT2D eigenvalue weighted by Gasteiger charge is -2.32. The number of ether oxygens (including phenoxy) is 2. The molecule has 1 aromatic rings. The first-order valence-corrected chi connectivity index (χ1v) is 12.7. The summed E-state index contributed by atoms with van der Waals surface area (Å²) in [4.78, 5) is 22.7. The molecule has 1 aliphatic heterocycles. The predicted molar refractivity (Wildman–Crippen MR) is 114 cm³/mol. The van der Waals surface area contributed by atoms with E-state index in [4.69, 9.17) is 14.7 Å². The van der Waals surface area contributed by atoms with Crippen LogP contribution in [0.25, 0.3) is 0 Å². The van der Waals surface area contributed by atoms with Crippen molar-refractivity contribution in [1.29, 1.82) is 5.26 Å². The molecule has 1 N–H and O–H groups in total. The van der Waals surface area contributed by atoms with Gasteiger partial charge >= 0.3 is 6.09 Å². The van der Waals surface area contributed by atoms with E-state index in [2.05, 4.69) is 14.7 Å². The summed E-state index contributed by atoms with van der Waals surface area (Å²) in [6.07, 6.45) is 7.94. The molecule has 0 bridgehead atoms. The van der Waals surface area contributed by atoms with Crippen LogP contribution in [0.4, 0.5) is 4.79 Å². The van der Waals surface area contributed by atoms with E-state index in [0.717, 1.165) is 37.8 Å². The molecule has 11 heteroatoms. The number of likely N-dealkylation sites (tertiary alicyclic amines) is 1. The highest BCUT2D eigenvalue weighted by Crippen LogP contribution is 2.61. The molecule has 3 unspecified atom stereocenters. The monoisotopic (exact) mass is 463 g/mol. The van der Waals surface area contributed by atoms with Gasteiger partial charge in [0.15, 0.2) is 0 Å². The fraction of sp³-hybridized carbons (Fsp3) is 0.714. The van der Waals surface area contributed by atoms with Crippen LogP contribution in [0.5, 0.6) is 0 Å². The van der Waals surface area contributed by atoms with Gasteiger partial charge in [0, 0.05) is 29.9 Å². The van der Waals surface area contributed by atoms with Crippen molar-refractivity contribution in [2.75, 3.05) is 20.0 Å². The number of methoxy groups -OCH3 is 1. The normalized spacial score (nSPS) is 33.9. The number of nitrogens with zero attached hydrogens (tertiary/aromatic N) is 4. The van der Waals surface area contributed by atoms with Gasteiger partial charge in [0.05, 0.1) is 37.7 Å². The van der Waals surface area contributed by atoms with Crippen molar-refractivity contribution in [3.05, 3.63) is 23.8 Å². The zero-order valence-electron chi connectivity index (χ0n) is 18.5. The van der Waals surface area contributed by atoms with Gasteiger partial charge in [-0.25, -0.2) is 27.9 Å². The molecule has 0 radical (unpaired) electrons. The van der Waals surface area contributed by atoms with E-state index in [1.807, 2.05) is 13.0 Å². The maximum absolute atomic E-state index is 12.3. The second kappa shape index (κ2) is 8.57. The molecule has 0 aromatic carbocycles. The third-order valence-corrected chi connectivity index (χ3v) is 7.79. The molecule has 1 amide bonds. The summed E-state index contributed by atoms with van der Waals surface area (Å²) in [5.74, 6) is 1.23. The van der Waals surface area contributed by atoms with E-state index >= 15 is 0 Å². The summed E-state index contributed by atoms with van der Waals surface area (Å²) in [7, 11) is -2.10. The molecule has 1 saturated heterocycles. The van der Waals surface area contributed by atoms with Crippen LogP contribution in [0.15, 0.2) is 12.4 Å². The second-order valence-corrected chi connectivity index (χ2v) is 11.0. The zero-order valence-corrected chi connectivity index (χ0v) is 19.3. The summed E-state index contributed by atoms with van der Waals surface area (Å²) < 4.78 is 37.5. The van der Waals surface area contributed by atoms with Crippen LogP contribution in [0.1, 0.15) is 50.4 Å². The summed E-state index contributed by atoms with van der Waals surface area (Å²) in [6, 6.07) is 1.03. The smallest absolute Gasteiger partial charge is 0.410 e. The van der Waals surface area contributed by atoms with Crippen molar-refractivity contribution >= 4 is 16.1 Å². The quantitative estimate of drug-likeness (QED) is 0.667. The lowest BCUT2D eigenvalue weighted by atomic mass is 9.86. The minimum absolute atomic E-state index is 0.0197. The van der Waals surface area contributed by atoms with Crippen LogP contribution in [0.3, 0.4) is 0 Å². The maximum Gasteiger partial charge on any atom is 0.410 e. The molecule has 174 valence electrons. The standard InChI is InChI=1S/C21H29N5O5S/c1-13-6-17(25-32(3,28)29)18(26(13)20(27)30-2)12-31-16-4-5-21(8-15(21)7-16)19-23-10-14(9-22)11-24-19/h10-11,13,15-18,25H,4-8,12H2,1-3H3/t13-,15?,16?,17+,18+,21?/m1/s1. The van der Waals surface area contributed by atoms with E-state index in [1.54, 1.807) is 17.3 Å². The molecule has 3 aliphatic rings. The summed E-state index contributed by atoms with van der Waals surface area (Å²) in [5, 5.41) is 8.95. The lowest BCUT2D eigenvalue weighted by molar-refractivity contribution is -0.0103. The van der Waals surface area contributed by atoms with Crippen LogP contribution in [0.2, 0.25) is 0 Å². The van der Waals surface area contributed by atoms with Gasteiger partial charge in [0.2, 0.25) is 10.0 Å². The molecule has 2 heterocycles. The van der Waals surface area contributed by atoms with Gasteiger partial charge in [-0.2, -0.15) is 5.26 Å². The van der Waals surface area contributed by atoms with Crippen molar-refractivity contribution < 1.29 is 22.7 Å². The number of nitrogens with one attached hydrogen (secondary N) is 1. The third-order valence-electron chi connectivity index (χ3n) is 7.06. The van der Waals surface area contributed by atoms with Gasteiger partial charge in [-0.3, -0.25) is 4.90 Å². The molecule has 2 saturated carbocycles. The average Bonchev–Trinajstić information content (AvgIpc) is 3.41. The number of hydrogen-bond donors (Lipinski definition) is 1. The summed E-state index contributed by atoms with van der Waals surface area (Å²) in [6.45, 7) is 2.12. The molecule has 6 atom stereocenters. The lowest BCUT2D eigenvalue weighted by Crippen LogP contribution is -2.50. The van der Waals surface area contributed by atoms with Gasteiger partial charge in [0.25, 0.3) is 0 Å². The molecular weight excluding hydrogens is 434 g/mol. The van der Waals surface area contributed by atoms with Crippen molar-refractivity contribution in [2.24, 2.45) is 5.92 Å². The fourth-order valence-corrected chi connectivity index (χ4v) is 6.25. The highest BCUT2D eigenvalue weighted by Gasteiger charge is 2.60. The Kier molecular flexibility index (Phi) is 6.13. The van der Waals surface area contributed by atoms with Gasteiger partial charge in [-0.1, -0.05) is 0 Å². The Bertz CT molecular complexity index is 1010. The predicted octanol–water partition coefficient (Wildman–Crippen LogP) is 1.32. The summed E-state index contributed by atoms with van der Waals surface area (Å²) in [5.41, 5.74) is 0.436. The van der Waals surface area contributed by atoms with Crippen LogP contribution >= 0.6 is 0 Å². The van der Waals surface area contributed by atoms with Gasteiger partial charge in [0.1, 0.15) is 11.9 Å². The number of carbonyl (C=O) groups is 1. The Morgan fingerprint density at radius 2 is 2.09 bits per heavy atom. The Balaban J connectivity index is 1.39. The maximum atomic E-state index is 12.3. The van der Waals surface area contributed by atoms with Crippen LogP contribution in [-0.4, -0.2) is 73.6 Å². The minimum Gasteiger partial charge on any atom is -0.453 e. The molecule has 0 spiro atoms. The van der Waals surface area contributed by atoms with E-state index in [1.165, 1.54) is 7.11 Å². The van der Waals surface area contributed by atoms with Gasteiger partial charge < -0.3 is 9.47 Å². The van der Waals surface area contributed by atoms with Crippen LogP contribution < -0.4 is 4.72 Å². The highest BCUT2D eigenvalue weighted by molar-refractivity contribution is 7.88. The number of sulfonamides is 1. The van der Waals surface area contributed by atoms with E-state index < -0.39 is 28.2 Å². The third kappa shape index (κ3) is 4.44. The number of fused-ring (bicyclic) bond motifs is 1. The zero-order chi connectivity index (χ0) is 23.1. The van der Waals surface area contributed by atoms with Crippen LogP contribution in [0, 0.1) is 17.2 Å². The van der Waals surface area contributed by atoms with Gasteiger partial charge in [-0.05, 0) is 44.9 Å². The molecule has 4 rings (SSSR count). The SMILES string of the molecule is COC(=O)N1[C@H](C)C[C@H](NS(C)(=O)=O)[C@@H]1COC1CCC2(c3ncc(C#N)cn3)CC2C1. The number of nitriles is 1. The Morgan fingerprint density at radius 3 is 2.69 bits per heavy atom. The molecule has 1 aromatic heterocycles. The number of rotatable bonds is 6. The van der Waals surface area contributed by atoms with Crippen molar-refractivity contribution in [1.82, 2.24) is 19.6 Å². The van der Waals surface area contributed by atoms with Crippen molar-refractivity contribution in [3.8, 4) is 6.07 Å². The van der Waals surface area contributed by atoms with E-state index in [-0.39, 0.29) is 24.2 Å². The molecular formula is C21H29N5O5S. The number of carbonyl (C=O) groups excluding carboxylic acids is 1. The fourth-order valence-electron chi connectivity index (χ4n) is 5.44. The van der Waals surface area contributed by atoms with Crippen molar-refractivity contribution in [3.63, 3.8) is 0 Å². The molecule has 10 nitrogen and oxygen atoms in total. The Hall–Kier alpha value is -2.29. The highest BCUT2D eigenvalue weighted by atomic mass is 32.2. The largest absolute Gasteiger partial charge is 0.453 e. The number of aromatic nitrogens is 2. The second-order valence-electron chi connectivity index (χ2n) is 9.22. The first kappa shape index (κ1) is 22.9. The summed E-state index contributed by atoms with van der Waals surface area (Å²) >= 11 is 0. The van der Waals surface area contributed by atoms with Crippen molar-refractivity contribution in [2.45, 2.75) is 68.7 Å². The Labute approximate surface area is 188 Å². The number of amides is 1. The Morgan fingerprint density at radius 1 is 1.38 bits per heavy atom. The molecule has 32 heavy (non-hydrogen) atoms. The van der Waals surface area contributed by atoms with E-state index in [0.29, 0.717) is 17.9 Å². The van der Waals surface area contributed by atoms with Crippen LogP contribution in [-0.2, 0) is 24.9 Å². The molecule has 2 aliphatic carbocycles. The topological polar surface area (TPSA) is 135 Å². The average molecular weight is 464 g/mol. The first-order chi connectivity index (χ1) is 15.2.